The standard InChI is InChI=1S/C19H17ClN2O4S/c1-12-15(8-14-4-2-3-5-17(14)27(25)26)9-16(22(12)11-19(23)24)13-6-7-21-18(20)10-13/h2-7,9-10,27H,8,11H2,1H3,(H,23,24). The van der Waals surface area contributed by atoms with E-state index in [9.17, 15) is 18.3 Å². The second-order valence-corrected chi connectivity index (χ2v) is 7.43. The first-order valence-electron chi connectivity index (χ1n) is 8.12. The molecule has 140 valence electrons. The molecule has 0 spiro atoms. The zero-order valence-corrected chi connectivity index (χ0v) is 16.1. The number of carboxylic acids is 1. The molecule has 2 aromatic heterocycles. The van der Waals surface area contributed by atoms with Crippen molar-refractivity contribution in [3.8, 4) is 11.3 Å². The highest BCUT2D eigenvalue weighted by Crippen LogP contribution is 2.29. The molecule has 0 aliphatic rings. The van der Waals surface area contributed by atoms with Gasteiger partial charge in [0.1, 0.15) is 11.7 Å². The highest BCUT2D eigenvalue weighted by molar-refractivity contribution is 7.72. The third-order valence-corrected chi connectivity index (χ3v) is 5.39. The summed E-state index contributed by atoms with van der Waals surface area (Å²) in [6, 6.07) is 12.1. The fraction of sp³-hybridized carbons (Fsp3) is 0.158. The number of aromatic nitrogens is 2. The lowest BCUT2D eigenvalue weighted by molar-refractivity contribution is -0.137. The largest absolute Gasteiger partial charge is 0.480 e. The summed E-state index contributed by atoms with van der Waals surface area (Å²) in [5, 5.41) is 9.60. The first-order valence-corrected chi connectivity index (χ1v) is 9.67. The van der Waals surface area contributed by atoms with Crippen LogP contribution in [0.2, 0.25) is 5.15 Å². The molecule has 0 amide bonds. The average molecular weight is 405 g/mol. The normalized spacial score (nSPS) is 11.1. The van der Waals surface area contributed by atoms with E-state index in [1.807, 2.05) is 13.0 Å². The lowest BCUT2D eigenvalue weighted by atomic mass is 10.0. The maximum atomic E-state index is 11.5. The lowest BCUT2D eigenvalue weighted by Gasteiger charge is -2.10. The summed E-state index contributed by atoms with van der Waals surface area (Å²) in [7, 11) is -2.71. The van der Waals surface area contributed by atoms with Crippen LogP contribution in [0.3, 0.4) is 0 Å². The number of nitrogens with zero attached hydrogens (tertiary/aromatic N) is 2. The van der Waals surface area contributed by atoms with E-state index in [1.165, 1.54) is 0 Å². The van der Waals surface area contributed by atoms with Crippen molar-refractivity contribution in [2.45, 2.75) is 24.8 Å². The highest BCUT2D eigenvalue weighted by atomic mass is 35.5. The van der Waals surface area contributed by atoms with Gasteiger partial charge in [-0.25, -0.2) is 13.4 Å². The number of carbonyl (C=O) groups is 1. The van der Waals surface area contributed by atoms with Gasteiger partial charge in [-0.2, -0.15) is 0 Å². The van der Waals surface area contributed by atoms with E-state index in [-0.39, 0.29) is 11.4 Å². The Morgan fingerprint density at radius 2 is 1.93 bits per heavy atom. The van der Waals surface area contributed by atoms with Crippen molar-refractivity contribution in [1.29, 1.82) is 0 Å². The van der Waals surface area contributed by atoms with E-state index in [0.29, 0.717) is 22.8 Å². The number of benzene rings is 1. The number of hydrogen-bond acceptors (Lipinski definition) is 4. The van der Waals surface area contributed by atoms with Gasteiger partial charge < -0.3 is 9.67 Å². The van der Waals surface area contributed by atoms with Gasteiger partial charge in [-0.15, -0.1) is 0 Å². The van der Waals surface area contributed by atoms with E-state index in [2.05, 4.69) is 4.98 Å². The minimum atomic E-state index is -2.71. The zero-order valence-electron chi connectivity index (χ0n) is 14.4. The van der Waals surface area contributed by atoms with Crippen molar-refractivity contribution in [2.24, 2.45) is 0 Å². The fourth-order valence-electron chi connectivity index (χ4n) is 3.06. The third kappa shape index (κ3) is 4.20. The van der Waals surface area contributed by atoms with Crippen LogP contribution < -0.4 is 0 Å². The van der Waals surface area contributed by atoms with Gasteiger partial charge in [0.15, 0.2) is 10.7 Å². The average Bonchev–Trinajstić information content (AvgIpc) is 2.91. The second kappa shape index (κ2) is 7.94. The van der Waals surface area contributed by atoms with Crippen molar-refractivity contribution >= 4 is 28.3 Å². The molecule has 0 aliphatic heterocycles. The van der Waals surface area contributed by atoms with Gasteiger partial charge in [-0.1, -0.05) is 29.8 Å². The predicted octanol–water partition coefficient (Wildman–Crippen LogP) is 3.16. The fourth-order valence-corrected chi connectivity index (χ4v) is 3.83. The highest BCUT2D eigenvalue weighted by Gasteiger charge is 2.17. The SMILES string of the molecule is Cc1c(Cc2ccccc2[SH](=O)=O)cc(-c2ccnc(Cl)c2)n1CC(=O)O. The molecule has 2 heterocycles. The quantitative estimate of drug-likeness (QED) is 0.486. The molecule has 6 nitrogen and oxygen atoms in total. The third-order valence-electron chi connectivity index (χ3n) is 4.36. The van der Waals surface area contributed by atoms with Gasteiger partial charge in [0.05, 0.1) is 4.90 Å². The molecule has 0 unspecified atom stereocenters. The summed E-state index contributed by atoms with van der Waals surface area (Å²) in [6.45, 7) is 1.61. The van der Waals surface area contributed by atoms with Gasteiger partial charge >= 0.3 is 5.97 Å². The Morgan fingerprint density at radius 1 is 1.19 bits per heavy atom. The number of hydrogen-bond donors (Lipinski definition) is 2. The van der Waals surface area contributed by atoms with E-state index in [0.717, 1.165) is 16.8 Å². The number of halogens is 1. The van der Waals surface area contributed by atoms with E-state index >= 15 is 0 Å². The Kier molecular flexibility index (Phi) is 5.62. The van der Waals surface area contributed by atoms with Gasteiger partial charge in [-0.3, -0.25) is 4.79 Å². The second-order valence-electron chi connectivity index (χ2n) is 6.05. The van der Waals surface area contributed by atoms with Crippen LogP contribution in [0.4, 0.5) is 0 Å². The Morgan fingerprint density at radius 3 is 2.59 bits per heavy atom. The molecule has 3 aromatic rings. The van der Waals surface area contributed by atoms with Crippen LogP contribution in [0.1, 0.15) is 16.8 Å². The van der Waals surface area contributed by atoms with Crippen molar-refractivity contribution in [2.75, 3.05) is 0 Å². The first kappa shape index (κ1) is 19.1. The summed E-state index contributed by atoms with van der Waals surface area (Å²) in [4.78, 5) is 15.6. The van der Waals surface area contributed by atoms with Crippen LogP contribution in [0, 0.1) is 6.92 Å². The molecule has 0 saturated carbocycles. The number of aliphatic carboxylic acids is 1. The first-order chi connectivity index (χ1) is 12.9. The monoisotopic (exact) mass is 404 g/mol. The van der Waals surface area contributed by atoms with Gasteiger partial charge in [0.25, 0.3) is 0 Å². The maximum Gasteiger partial charge on any atom is 0.323 e. The van der Waals surface area contributed by atoms with Crippen LogP contribution >= 0.6 is 11.6 Å². The van der Waals surface area contributed by atoms with E-state index in [1.54, 1.807) is 47.2 Å². The van der Waals surface area contributed by atoms with Gasteiger partial charge in [0, 0.05) is 29.6 Å². The van der Waals surface area contributed by atoms with Crippen LogP contribution in [-0.2, 0) is 28.5 Å². The molecule has 1 aromatic carbocycles. The Bertz CT molecular complexity index is 1080. The molecule has 1 N–H and O–H groups in total. The minimum absolute atomic E-state index is 0.210. The van der Waals surface area contributed by atoms with Crippen molar-refractivity contribution in [1.82, 2.24) is 9.55 Å². The molecule has 8 heteroatoms. The molecule has 0 saturated heterocycles. The molecular weight excluding hydrogens is 388 g/mol. The van der Waals surface area contributed by atoms with Crippen LogP contribution in [0.15, 0.2) is 53.6 Å². The topological polar surface area (TPSA) is 89.3 Å². The molecule has 0 radical (unpaired) electrons. The molecule has 0 aliphatic carbocycles. The zero-order chi connectivity index (χ0) is 19.6. The summed E-state index contributed by atoms with van der Waals surface area (Å²) < 4.78 is 24.7. The van der Waals surface area contributed by atoms with Gasteiger partial charge in [-0.05, 0) is 42.3 Å². The minimum Gasteiger partial charge on any atom is -0.480 e. The molecule has 0 atom stereocenters. The van der Waals surface area contributed by atoms with Crippen LogP contribution in [-0.4, -0.2) is 29.0 Å². The number of rotatable bonds is 6. The smallest absolute Gasteiger partial charge is 0.323 e. The van der Waals surface area contributed by atoms with E-state index in [4.69, 9.17) is 11.6 Å². The van der Waals surface area contributed by atoms with Crippen LogP contribution in [0.25, 0.3) is 11.3 Å². The lowest BCUT2D eigenvalue weighted by Crippen LogP contribution is -2.11. The number of pyridine rings is 1. The van der Waals surface area contributed by atoms with Crippen molar-refractivity contribution < 1.29 is 18.3 Å². The summed E-state index contributed by atoms with van der Waals surface area (Å²) in [5.41, 5.74) is 3.72. The van der Waals surface area contributed by atoms with Crippen molar-refractivity contribution in [3.63, 3.8) is 0 Å². The molecular formula is C19H17ClN2O4S. The maximum absolute atomic E-state index is 11.5. The summed E-state index contributed by atoms with van der Waals surface area (Å²) in [6.07, 6.45) is 1.94. The number of carboxylic acid groups (broad SMARTS) is 1. The Hall–Kier alpha value is -2.64. The predicted molar refractivity (Wildman–Crippen MR) is 103 cm³/mol. The van der Waals surface area contributed by atoms with Crippen LogP contribution in [0.5, 0.6) is 0 Å². The summed E-state index contributed by atoms with van der Waals surface area (Å²) in [5.74, 6) is -0.968. The summed E-state index contributed by atoms with van der Waals surface area (Å²) >= 11 is 5.98. The molecule has 3 rings (SSSR count). The molecule has 0 bridgehead atoms. The molecule has 0 fully saturated rings. The van der Waals surface area contributed by atoms with Crippen molar-refractivity contribution in [3.05, 3.63) is 70.6 Å². The van der Waals surface area contributed by atoms with E-state index < -0.39 is 16.7 Å². The molecule has 27 heavy (non-hydrogen) atoms. The Labute approximate surface area is 163 Å². The Balaban J connectivity index is 2.11. The number of thiol groups is 1. The van der Waals surface area contributed by atoms with Gasteiger partial charge in [0.2, 0.25) is 0 Å².